The van der Waals surface area contributed by atoms with Crippen LogP contribution in [0.3, 0.4) is 0 Å². The first-order valence-corrected chi connectivity index (χ1v) is 10.5. The van der Waals surface area contributed by atoms with Gasteiger partial charge in [-0.3, -0.25) is 9.59 Å². The molecule has 0 aliphatic rings. The van der Waals surface area contributed by atoms with Crippen LogP contribution in [-0.4, -0.2) is 39.6 Å². The molecule has 3 aromatic carbocycles. The zero-order chi connectivity index (χ0) is 22.3. The second kappa shape index (κ2) is 9.75. The highest BCUT2D eigenvalue weighted by Crippen LogP contribution is 2.24. The molecular weight excluding hydrogens is 400 g/mol. The number of benzene rings is 3. The number of hydrogen-bond acceptors (Lipinski definition) is 3. The van der Waals surface area contributed by atoms with Gasteiger partial charge >= 0.3 is 0 Å². The van der Waals surface area contributed by atoms with Gasteiger partial charge in [0.1, 0.15) is 12.4 Å². The summed E-state index contributed by atoms with van der Waals surface area (Å²) in [5.41, 5.74) is 3.09. The Morgan fingerprint density at radius 2 is 1.47 bits per heavy atom. The van der Waals surface area contributed by atoms with Crippen molar-refractivity contribution in [1.29, 1.82) is 0 Å². The number of nitrogens with zero attached hydrogens (tertiary/aromatic N) is 3. The fourth-order valence-electron chi connectivity index (χ4n) is 3.43. The molecule has 1 heterocycles. The molecule has 2 amide bonds. The third-order valence-electron chi connectivity index (χ3n) is 5.07. The van der Waals surface area contributed by atoms with E-state index >= 15 is 0 Å². The molecule has 0 saturated heterocycles. The monoisotopic (exact) mass is 424 g/mol. The Bertz CT molecular complexity index is 1190. The Morgan fingerprint density at radius 3 is 2.09 bits per heavy atom. The Balaban J connectivity index is 1.58. The van der Waals surface area contributed by atoms with Crippen LogP contribution in [0.1, 0.15) is 17.3 Å². The van der Waals surface area contributed by atoms with E-state index in [1.807, 2.05) is 91.9 Å². The Kier molecular flexibility index (Phi) is 6.41. The van der Waals surface area contributed by atoms with Crippen molar-refractivity contribution in [2.75, 3.05) is 18.4 Å². The molecule has 32 heavy (non-hydrogen) atoms. The minimum absolute atomic E-state index is 0.0507. The Hall–Kier alpha value is -4.19. The summed E-state index contributed by atoms with van der Waals surface area (Å²) in [4.78, 5) is 27.2. The quantitative estimate of drug-likeness (QED) is 0.470. The minimum Gasteiger partial charge on any atom is -0.330 e. The number of carbonyl (C=O) groups is 2. The highest BCUT2D eigenvalue weighted by atomic mass is 16.2. The normalized spacial score (nSPS) is 10.5. The molecule has 160 valence electrons. The lowest BCUT2D eigenvalue weighted by atomic mass is 10.1. The van der Waals surface area contributed by atoms with Crippen molar-refractivity contribution in [2.24, 2.45) is 0 Å². The summed E-state index contributed by atoms with van der Waals surface area (Å²) < 4.78 is 1.70. The largest absolute Gasteiger partial charge is 0.330 e. The highest BCUT2D eigenvalue weighted by molar-refractivity contribution is 5.99. The van der Waals surface area contributed by atoms with Gasteiger partial charge in [-0.15, -0.1) is 0 Å². The summed E-state index contributed by atoms with van der Waals surface area (Å²) in [5, 5.41) is 7.65. The maximum absolute atomic E-state index is 12.9. The molecular formula is C26H24N4O2. The fourth-order valence-corrected chi connectivity index (χ4v) is 3.43. The molecule has 0 radical (unpaired) electrons. The van der Waals surface area contributed by atoms with E-state index in [0.29, 0.717) is 17.9 Å². The third kappa shape index (κ3) is 4.75. The fraction of sp³-hybridized carbons (Fsp3) is 0.115. The predicted molar refractivity (Wildman–Crippen MR) is 126 cm³/mol. The van der Waals surface area contributed by atoms with Crippen LogP contribution in [-0.2, 0) is 4.79 Å². The lowest BCUT2D eigenvalue weighted by Crippen LogP contribution is -2.38. The van der Waals surface area contributed by atoms with Crippen molar-refractivity contribution in [3.8, 4) is 16.9 Å². The van der Waals surface area contributed by atoms with Gasteiger partial charge in [0.15, 0.2) is 0 Å². The van der Waals surface area contributed by atoms with Gasteiger partial charge in [0, 0.05) is 23.7 Å². The maximum atomic E-state index is 12.9. The van der Waals surface area contributed by atoms with Gasteiger partial charge in [-0.25, -0.2) is 4.68 Å². The zero-order valence-corrected chi connectivity index (χ0v) is 17.8. The minimum atomic E-state index is -0.284. The van der Waals surface area contributed by atoms with Gasteiger partial charge in [-0.1, -0.05) is 66.7 Å². The second-order valence-corrected chi connectivity index (χ2v) is 7.26. The van der Waals surface area contributed by atoms with E-state index in [2.05, 4.69) is 5.32 Å². The molecule has 0 spiro atoms. The standard InChI is InChI=1S/C26H24N4O2/c1-2-29(26(32)21-14-8-4-9-15-21)19-25(31)27-24-18-23(20-12-6-3-7-13-20)28-30(24)22-16-10-5-11-17-22/h3-18H,2,19H2,1H3,(H,27,31). The van der Waals surface area contributed by atoms with Crippen LogP contribution in [0.2, 0.25) is 0 Å². The van der Waals surface area contributed by atoms with Crippen molar-refractivity contribution in [1.82, 2.24) is 14.7 Å². The number of aromatic nitrogens is 2. The molecule has 0 fully saturated rings. The van der Waals surface area contributed by atoms with Crippen LogP contribution in [0, 0.1) is 0 Å². The van der Waals surface area contributed by atoms with E-state index in [-0.39, 0.29) is 18.4 Å². The number of nitrogens with one attached hydrogen (secondary N) is 1. The number of amides is 2. The van der Waals surface area contributed by atoms with Crippen LogP contribution in [0.5, 0.6) is 0 Å². The lowest BCUT2D eigenvalue weighted by Gasteiger charge is -2.20. The van der Waals surface area contributed by atoms with Gasteiger partial charge in [0.05, 0.1) is 11.4 Å². The summed E-state index contributed by atoms with van der Waals surface area (Å²) in [6.07, 6.45) is 0. The first-order chi connectivity index (χ1) is 15.7. The molecule has 4 rings (SSSR count). The van der Waals surface area contributed by atoms with Crippen LogP contribution in [0.25, 0.3) is 16.9 Å². The van der Waals surface area contributed by atoms with Crippen molar-refractivity contribution in [3.05, 3.63) is 103 Å². The third-order valence-corrected chi connectivity index (χ3v) is 5.07. The van der Waals surface area contributed by atoms with E-state index in [1.54, 1.807) is 16.8 Å². The second-order valence-electron chi connectivity index (χ2n) is 7.26. The van der Waals surface area contributed by atoms with E-state index in [4.69, 9.17) is 5.10 Å². The van der Waals surface area contributed by atoms with Crippen LogP contribution in [0.4, 0.5) is 5.82 Å². The summed E-state index contributed by atoms with van der Waals surface area (Å²) in [6.45, 7) is 2.23. The van der Waals surface area contributed by atoms with E-state index in [0.717, 1.165) is 16.9 Å². The van der Waals surface area contributed by atoms with Crippen LogP contribution >= 0.6 is 0 Å². The molecule has 0 saturated carbocycles. The molecule has 1 aromatic heterocycles. The van der Waals surface area contributed by atoms with Gasteiger partial charge in [-0.05, 0) is 31.2 Å². The van der Waals surface area contributed by atoms with Gasteiger partial charge < -0.3 is 10.2 Å². The van der Waals surface area contributed by atoms with E-state index < -0.39 is 0 Å². The first-order valence-electron chi connectivity index (χ1n) is 10.5. The summed E-state index contributed by atoms with van der Waals surface area (Å²) in [6, 6.07) is 30.2. The molecule has 6 nitrogen and oxygen atoms in total. The molecule has 6 heteroatoms. The molecule has 0 aliphatic heterocycles. The Morgan fingerprint density at radius 1 is 0.875 bits per heavy atom. The highest BCUT2D eigenvalue weighted by Gasteiger charge is 2.19. The maximum Gasteiger partial charge on any atom is 0.254 e. The van der Waals surface area contributed by atoms with Gasteiger partial charge in [0.2, 0.25) is 5.91 Å². The molecule has 4 aromatic rings. The smallest absolute Gasteiger partial charge is 0.254 e. The van der Waals surface area contributed by atoms with Gasteiger partial charge in [-0.2, -0.15) is 5.10 Å². The Labute approximate surface area is 187 Å². The number of para-hydroxylation sites is 1. The number of likely N-dealkylation sites (N-methyl/N-ethyl adjacent to an activating group) is 1. The lowest BCUT2D eigenvalue weighted by molar-refractivity contribution is -0.116. The summed E-state index contributed by atoms with van der Waals surface area (Å²) in [5.74, 6) is 0.0841. The first kappa shape index (κ1) is 21.1. The molecule has 0 aliphatic carbocycles. The number of hydrogen-bond donors (Lipinski definition) is 1. The van der Waals surface area contributed by atoms with Crippen LogP contribution < -0.4 is 5.32 Å². The predicted octanol–water partition coefficient (Wildman–Crippen LogP) is 4.64. The molecule has 0 unspecified atom stereocenters. The molecule has 0 bridgehead atoms. The average Bonchev–Trinajstić information content (AvgIpc) is 3.27. The number of rotatable bonds is 7. The average molecular weight is 425 g/mol. The zero-order valence-electron chi connectivity index (χ0n) is 17.8. The van der Waals surface area contributed by atoms with Crippen molar-refractivity contribution >= 4 is 17.6 Å². The SMILES string of the molecule is CCN(CC(=O)Nc1cc(-c2ccccc2)nn1-c1ccccc1)C(=O)c1ccccc1. The molecule has 1 N–H and O–H groups in total. The topological polar surface area (TPSA) is 67.2 Å². The van der Waals surface area contributed by atoms with Crippen molar-refractivity contribution < 1.29 is 9.59 Å². The molecule has 0 atom stereocenters. The number of carbonyl (C=O) groups excluding carboxylic acids is 2. The van der Waals surface area contributed by atoms with E-state index in [9.17, 15) is 9.59 Å². The van der Waals surface area contributed by atoms with E-state index in [1.165, 1.54) is 4.90 Å². The summed E-state index contributed by atoms with van der Waals surface area (Å²) >= 11 is 0. The van der Waals surface area contributed by atoms with Crippen molar-refractivity contribution in [3.63, 3.8) is 0 Å². The number of anilines is 1. The van der Waals surface area contributed by atoms with Gasteiger partial charge in [0.25, 0.3) is 5.91 Å². The van der Waals surface area contributed by atoms with Crippen molar-refractivity contribution in [2.45, 2.75) is 6.92 Å². The summed E-state index contributed by atoms with van der Waals surface area (Å²) in [7, 11) is 0. The van der Waals surface area contributed by atoms with Crippen LogP contribution in [0.15, 0.2) is 97.1 Å².